The summed E-state index contributed by atoms with van der Waals surface area (Å²) in [6, 6.07) is 3.22. The molecule has 1 aliphatic heterocycles. The van der Waals surface area contributed by atoms with E-state index >= 15 is 0 Å². The third kappa shape index (κ3) is 2.83. The number of rotatable bonds is 4. The summed E-state index contributed by atoms with van der Waals surface area (Å²) in [4.78, 5) is 11.0. The van der Waals surface area contributed by atoms with Crippen LogP contribution in [0.4, 0.5) is 5.69 Å². The molecular weight excluding hydrogens is 314 g/mol. The molecule has 104 valence electrons. The standard InChI is InChI=1S/C13H16BrNO4/c1-3-9(8(2)14)10-6-12-13(19-5-4-18-12)7-11(10)15(16)17/h6-9H,3-5H2,1-2H3. The van der Waals surface area contributed by atoms with Crippen LogP contribution < -0.4 is 9.47 Å². The van der Waals surface area contributed by atoms with Gasteiger partial charge in [0.25, 0.3) is 5.69 Å². The molecule has 0 N–H and O–H groups in total. The van der Waals surface area contributed by atoms with Crippen molar-refractivity contribution in [3.63, 3.8) is 0 Å². The van der Waals surface area contributed by atoms with E-state index in [0.717, 1.165) is 6.42 Å². The Morgan fingerprint density at radius 1 is 1.37 bits per heavy atom. The lowest BCUT2D eigenvalue weighted by molar-refractivity contribution is -0.385. The first-order valence-electron chi connectivity index (χ1n) is 6.26. The fraction of sp³-hybridized carbons (Fsp3) is 0.538. The van der Waals surface area contributed by atoms with Gasteiger partial charge in [-0.15, -0.1) is 0 Å². The van der Waals surface area contributed by atoms with Crippen molar-refractivity contribution in [1.29, 1.82) is 0 Å². The predicted octanol–water partition coefficient (Wildman–Crippen LogP) is 3.64. The summed E-state index contributed by atoms with van der Waals surface area (Å²) in [5.74, 6) is 1.12. The van der Waals surface area contributed by atoms with E-state index in [1.54, 1.807) is 6.07 Å². The Labute approximate surface area is 120 Å². The highest BCUT2D eigenvalue weighted by Gasteiger charge is 2.28. The smallest absolute Gasteiger partial charge is 0.276 e. The van der Waals surface area contributed by atoms with Gasteiger partial charge in [0.15, 0.2) is 11.5 Å². The van der Waals surface area contributed by atoms with Crippen LogP contribution in [0.2, 0.25) is 0 Å². The fourth-order valence-electron chi connectivity index (χ4n) is 2.34. The molecule has 0 aliphatic carbocycles. The summed E-state index contributed by atoms with van der Waals surface area (Å²) >= 11 is 3.52. The molecule has 2 atom stereocenters. The Bertz CT molecular complexity index is 490. The minimum atomic E-state index is -0.356. The molecule has 0 saturated carbocycles. The van der Waals surface area contributed by atoms with E-state index in [1.807, 2.05) is 13.8 Å². The lowest BCUT2D eigenvalue weighted by Gasteiger charge is -2.23. The molecule has 0 amide bonds. The molecule has 2 rings (SSSR count). The van der Waals surface area contributed by atoms with Crippen molar-refractivity contribution >= 4 is 21.6 Å². The highest BCUT2D eigenvalue weighted by molar-refractivity contribution is 9.09. The number of ether oxygens (including phenoxy) is 2. The summed E-state index contributed by atoms with van der Waals surface area (Å²) in [6.45, 7) is 4.91. The minimum absolute atomic E-state index is 0.0660. The van der Waals surface area contributed by atoms with E-state index in [-0.39, 0.29) is 21.4 Å². The van der Waals surface area contributed by atoms with Gasteiger partial charge in [0.05, 0.1) is 11.0 Å². The summed E-state index contributed by atoms with van der Waals surface area (Å²) in [7, 11) is 0. The maximum Gasteiger partial charge on any atom is 0.276 e. The Hall–Kier alpha value is -1.30. The van der Waals surface area contributed by atoms with Gasteiger partial charge < -0.3 is 9.47 Å². The van der Waals surface area contributed by atoms with Crippen LogP contribution in [-0.4, -0.2) is 23.0 Å². The Morgan fingerprint density at radius 3 is 2.42 bits per heavy atom. The third-order valence-electron chi connectivity index (χ3n) is 3.28. The van der Waals surface area contributed by atoms with Crippen molar-refractivity contribution in [1.82, 2.24) is 0 Å². The van der Waals surface area contributed by atoms with Crippen LogP contribution in [0.3, 0.4) is 0 Å². The summed E-state index contributed by atoms with van der Waals surface area (Å²) in [6.07, 6.45) is 0.812. The SMILES string of the molecule is CCC(c1cc2c(cc1[N+](=O)[O-])OCCO2)C(C)Br. The highest BCUT2D eigenvalue weighted by atomic mass is 79.9. The normalized spacial score (nSPS) is 16.8. The zero-order chi connectivity index (χ0) is 14.0. The molecule has 1 aliphatic rings. The molecule has 5 nitrogen and oxygen atoms in total. The van der Waals surface area contributed by atoms with E-state index in [0.29, 0.717) is 30.3 Å². The molecule has 0 aromatic heterocycles. The Kier molecular flexibility index (Phi) is 4.29. The minimum Gasteiger partial charge on any atom is -0.486 e. The van der Waals surface area contributed by atoms with Crippen LogP contribution in [0.15, 0.2) is 12.1 Å². The largest absolute Gasteiger partial charge is 0.486 e. The van der Waals surface area contributed by atoms with E-state index in [2.05, 4.69) is 15.9 Å². The molecule has 1 heterocycles. The van der Waals surface area contributed by atoms with Crippen LogP contribution >= 0.6 is 15.9 Å². The third-order valence-corrected chi connectivity index (χ3v) is 3.92. The number of hydrogen-bond donors (Lipinski definition) is 0. The van der Waals surface area contributed by atoms with Gasteiger partial charge >= 0.3 is 0 Å². The average molecular weight is 330 g/mol. The van der Waals surface area contributed by atoms with E-state index in [9.17, 15) is 10.1 Å². The lowest BCUT2D eigenvalue weighted by Crippen LogP contribution is -2.17. The molecule has 2 unspecified atom stereocenters. The van der Waals surface area contributed by atoms with Gasteiger partial charge in [-0.05, 0) is 12.5 Å². The van der Waals surface area contributed by atoms with E-state index in [4.69, 9.17) is 9.47 Å². The van der Waals surface area contributed by atoms with Crippen LogP contribution in [-0.2, 0) is 0 Å². The molecule has 6 heteroatoms. The van der Waals surface area contributed by atoms with Crippen LogP contribution in [0.5, 0.6) is 11.5 Å². The van der Waals surface area contributed by atoms with Crippen LogP contribution in [0, 0.1) is 10.1 Å². The van der Waals surface area contributed by atoms with E-state index < -0.39 is 0 Å². The Balaban J connectivity index is 2.53. The van der Waals surface area contributed by atoms with Crippen molar-refractivity contribution in [3.8, 4) is 11.5 Å². The van der Waals surface area contributed by atoms with Gasteiger partial charge in [0.1, 0.15) is 13.2 Å². The second-order valence-corrected chi connectivity index (χ2v) is 5.95. The van der Waals surface area contributed by atoms with Gasteiger partial charge in [0, 0.05) is 16.3 Å². The number of benzene rings is 1. The highest BCUT2D eigenvalue weighted by Crippen LogP contribution is 2.42. The molecule has 0 bridgehead atoms. The van der Waals surface area contributed by atoms with Gasteiger partial charge in [0.2, 0.25) is 0 Å². The van der Waals surface area contributed by atoms with Crippen molar-refractivity contribution in [2.45, 2.75) is 31.0 Å². The monoisotopic (exact) mass is 329 g/mol. The first kappa shape index (κ1) is 14.1. The van der Waals surface area contributed by atoms with Crippen LogP contribution in [0.1, 0.15) is 31.7 Å². The van der Waals surface area contributed by atoms with Gasteiger partial charge in [-0.3, -0.25) is 10.1 Å². The summed E-state index contributed by atoms with van der Waals surface area (Å²) in [5.41, 5.74) is 0.795. The molecule has 0 fully saturated rings. The van der Waals surface area contributed by atoms with Crippen LogP contribution in [0.25, 0.3) is 0 Å². The van der Waals surface area contributed by atoms with Gasteiger partial charge in [-0.2, -0.15) is 0 Å². The predicted molar refractivity (Wildman–Crippen MR) is 75.5 cm³/mol. The summed E-state index contributed by atoms with van der Waals surface area (Å²) in [5, 5.41) is 11.2. The first-order valence-corrected chi connectivity index (χ1v) is 7.18. The Morgan fingerprint density at radius 2 is 1.95 bits per heavy atom. The quantitative estimate of drug-likeness (QED) is 0.480. The van der Waals surface area contributed by atoms with Gasteiger partial charge in [-0.25, -0.2) is 0 Å². The molecule has 1 aromatic rings. The molecule has 19 heavy (non-hydrogen) atoms. The van der Waals surface area contributed by atoms with Crippen molar-refractivity contribution in [3.05, 3.63) is 27.8 Å². The molecular formula is C13H16BrNO4. The summed E-state index contributed by atoms with van der Waals surface area (Å²) < 4.78 is 10.9. The van der Waals surface area contributed by atoms with Crippen molar-refractivity contribution < 1.29 is 14.4 Å². The van der Waals surface area contributed by atoms with Gasteiger partial charge in [-0.1, -0.05) is 29.8 Å². The zero-order valence-electron chi connectivity index (χ0n) is 10.9. The van der Waals surface area contributed by atoms with Crippen molar-refractivity contribution in [2.75, 3.05) is 13.2 Å². The van der Waals surface area contributed by atoms with E-state index in [1.165, 1.54) is 6.07 Å². The maximum atomic E-state index is 11.2. The second kappa shape index (κ2) is 5.77. The number of hydrogen-bond acceptors (Lipinski definition) is 4. The molecule has 0 radical (unpaired) electrons. The number of nitrogens with zero attached hydrogens (tertiary/aromatic N) is 1. The fourth-order valence-corrected chi connectivity index (χ4v) is 3.00. The molecule has 1 aromatic carbocycles. The number of nitro benzene ring substituents is 1. The first-order chi connectivity index (χ1) is 9.04. The zero-order valence-corrected chi connectivity index (χ0v) is 12.5. The number of nitro groups is 1. The average Bonchev–Trinajstić information content (AvgIpc) is 2.38. The maximum absolute atomic E-state index is 11.2. The number of alkyl halides is 1. The molecule has 0 saturated heterocycles. The lowest BCUT2D eigenvalue weighted by atomic mass is 9.92. The number of halogens is 1. The molecule has 0 spiro atoms. The number of fused-ring (bicyclic) bond motifs is 1. The topological polar surface area (TPSA) is 61.6 Å². The van der Waals surface area contributed by atoms with Crippen molar-refractivity contribution in [2.24, 2.45) is 0 Å². The second-order valence-electron chi connectivity index (χ2n) is 4.50.